The van der Waals surface area contributed by atoms with E-state index in [-0.39, 0.29) is 0 Å². The average molecular weight is 189 g/mol. The van der Waals surface area contributed by atoms with E-state index < -0.39 is 0 Å². The third-order valence-electron chi connectivity index (χ3n) is 2.06. The average Bonchev–Trinajstić information content (AvgIpc) is 2.21. The maximum absolute atomic E-state index is 8.73. The second kappa shape index (κ2) is 5.25. The molecular formula is C11H15N3. The van der Waals surface area contributed by atoms with Gasteiger partial charge in [0.25, 0.3) is 0 Å². The molecule has 3 nitrogen and oxygen atoms in total. The van der Waals surface area contributed by atoms with E-state index in [9.17, 15) is 0 Å². The summed E-state index contributed by atoms with van der Waals surface area (Å²) in [5, 5.41) is 12.0. The van der Waals surface area contributed by atoms with E-state index >= 15 is 0 Å². The summed E-state index contributed by atoms with van der Waals surface area (Å²) in [4.78, 5) is 0. The van der Waals surface area contributed by atoms with Gasteiger partial charge >= 0.3 is 0 Å². The molecule has 3 heteroatoms. The van der Waals surface area contributed by atoms with Crippen LogP contribution in [-0.2, 0) is 0 Å². The van der Waals surface area contributed by atoms with Gasteiger partial charge in [-0.15, -0.1) is 0 Å². The van der Waals surface area contributed by atoms with Gasteiger partial charge in [-0.25, -0.2) is 0 Å². The molecule has 14 heavy (non-hydrogen) atoms. The molecule has 0 aliphatic rings. The number of hydrogen-bond donors (Lipinski definition) is 2. The Labute approximate surface area is 84.5 Å². The van der Waals surface area contributed by atoms with Crippen LogP contribution in [0.2, 0.25) is 0 Å². The van der Waals surface area contributed by atoms with Crippen LogP contribution in [0.15, 0.2) is 18.2 Å². The molecule has 0 saturated heterocycles. The summed E-state index contributed by atoms with van der Waals surface area (Å²) >= 11 is 0. The van der Waals surface area contributed by atoms with Crippen LogP contribution in [-0.4, -0.2) is 13.1 Å². The zero-order chi connectivity index (χ0) is 10.4. The Hall–Kier alpha value is -1.53. The van der Waals surface area contributed by atoms with Crippen molar-refractivity contribution in [2.75, 3.05) is 18.4 Å². The molecule has 1 aromatic rings. The molecule has 0 unspecified atom stereocenters. The van der Waals surface area contributed by atoms with E-state index in [4.69, 9.17) is 11.0 Å². The number of nitriles is 1. The third-order valence-corrected chi connectivity index (χ3v) is 2.06. The molecule has 0 heterocycles. The number of benzene rings is 1. The molecule has 0 radical (unpaired) electrons. The van der Waals surface area contributed by atoms with Gasteiger partial charge in [0.1, 0.15) is 0 Å². The van der Waals surface area contributed by atoms with Crippen LogP contribution in [0.25, 0.3) is 0 Å². The lowest BCUT2D eigenvalue weighted by Crippen LogP contribution is -2.09. The largest absolute Gasteiger partial charge is 0.385 e. The Morgan fingerprint density at radius 3 is 2.93 bits per heavy atom. The van der Waals surface area contributed by atoms with Crippen LogP contribution in [0, 0.1) is 18.3 Å². The summed E-state index contributed by atoms with van der Waals surface area (Å²) in [6.45, 7) is 3.56. The predicted molar refractivity (Wildman–Crippen MR) is 58.1 cm³/mol. The van der Waals surface area contributed by atoms with Gasteiger partial charge < -0.3 is 11.1 Å². The van der Waals surface area contributed by atoms with E-state index in [0.29, 0.717) is 12.1 Å². The Morgan fingerprint density at radius 1 is 1.50 bits per heavy atom. The van der Waals surface area contributed by atoms with Gasteiger partial charge in [-0.2, -0.15) is 5.26 Å². The lowest BCUT2D eigenvalue weighted by Gasteiger charge is -2.08. The Kier molecular flexibility index (Phi) is 3.96. The van der Waals surface area contributed by atoms with Crippen molar-refractivity contribution in [3.05, 3.63) is 29.3 Å². The monoisotopic (exact) mass is 189 g/mol. The molecule has 0 atom stereocenters. The second-order valence-electron chi connectivity index (χ2n) is 3.21. The molecule has 0 aliphatic carbocycles. The maximum atomic E-state index is 8.73. The molecule has 3 N–H and O–H groups in total. The van der Waals surface area contributed by atoms with E-state index in [1.54, 1.807) is 0 Å². The molecule has 0 spiro atoms. The van der Waals surface area contributed by atoms with Crippen LogP contribution < -0.4 is 11.1 Å². The standard InChI is InChI=1S/C11H15N3/c1-9-3-4-10(8-13)7-11(9)14-6-2-5-12/h3-4,7,14H,2,5-6,12H2,1H3. The first-order chi connectivity index (χ1) is 6.77. The second-order valence-corrected chi connectivity index (χ2v) is 3.21. The molecule has 0 aliphatic heterocycles. The number of nitrogens with two attached hydrogens (primary N) is 1. The van der Waals surface area contributed by atoms with Crippen molar-refractivity contribution in [1.82, 2.24) is 0 Å². The number of nitrogens with zero attached hydrogens (tertiary/aromatic N) is 1. The first kappa shape index (κ1) is 10.6. The minimum absolute atomic E-state index is 0.685. The van der Waals surface area contributed by atoms with Gasteiger partial charge in [-0.1, -0.05) is 6.07 Å². The lowest BCUT2D eigenvalue weighted by molar-refractivity contribution is 0.873. The zero-order valence-corrected chi connectivity index (χ0v) is 8.38. The van der Waals surface area contributed by atoms with Crippen molar-refractivity contribution in [3.8, 4) is 6.07 Å². The quantitative estimate of drug-likeness (QED) is 0.707. The third kappa shape index (κ3) is 2.75. The first-order valence-electron chi connectivity index (χ1n) is 4.72. The van der Waals surface area contributed by atoms with Crippen LogP contribution in [0.4, 0.5) is 5.69 Å². The molecule has 1 aromatic carbocycles. The molecule has 0 amide bonds. The fraction of sp³-hybridized carbons (Fsp3) is 0.364. The summed E-state index contributed by atoms with van der Waals surface area (Å²) in [7, 11) is 0. The number of hydrogen-bond acceptors (Lipinski definition) is 3. The lowest BCUT2D eigenvalue weighted by atomic mass is 10.1. The van der Waals surface area contributed by atoms with Crippen LogP contribution in [0.3, 0.4) is 0 Å². The van der Waals surface area contributed by atoms with Crippen molar-refractivity contribution in [1.29, 1.82) is 5.26 Å². The Balaban J connectivity index is 2.70. The van der Waals surface area contributed by atoms with E-state index in [1.165, 1.54) is 0 Å². The summed E-state index contributed by atoms with van der Waals surface area (Å²) in [5.74, 6) is 0. The Bertz CT molecular complexity index is 339. The fourth-order valence-corrected chi connectivity index (χ4v) is 1.21. The van der Waals surface area contributed by atoms with Crippen molar-refractivity contribution >= 4 is 5.69 Å². The Morgan fingerprint density at radius 2 is 2.29 bits per heavy atom. The summed E-state index contributed by atoms with van der Waals surface area (Å²) < 4.78 is 0. The first-order valence-corrected chi connectivity index (χ1v) is 4.72. The molecule has 0 saturated carbocycles. The van der Waals surface area contributed by atoms with Gasteiger partial charge in [0.15, 0.2) is 0 Å². The van der Waals surface area contributed by atoms with Gasteiger partial charge in [0.2, 0.25) is 0 Å². The van der Waals surface area contributed by atoms with Crippen molar-refractivity contribution in [2.24, 2.45) is 5.73 Å². The topological polar surface area (TPSA) is 61.8 Å². The van der Waals surface area contributed by atoms with Crippen LogP contribution in [0.1, 0.15) is 17.5 Å². The van der Waals surface area contributed by atoms with E-state index in [0.717, 1.165) is 24.2 Å². The van der Waals surface area contributed by atoms with E-state index in [2.05, 4.69) is 11.4 Å². The SMILES string of the molecule is Cc1ccc(C#N)cc1NCCCN. The van der Waals surface area contributed by atoms with Crippen molar-refractivity contribution in [2.45, 2.75) is 13.3 Å². The number of nitrogens with one attached hydrogen (secondary N) is 1. The van der Waals surface area contributed by atoms with Crippen molar-refractivity contribution < 1.29 is 0 Å². The molecule has 0 fully saturated rings. The highest BCUT2D eigenvalue weighted by Crippen LogP contribution is 2.15. The van der Waals surface area contributed by atoms with Gasteiger partial charge in [0.05, 0.1) is 11.6 Å². The smallest absolute Gasteiger partial charge is 0.0992 e. The molecule has 0 aromatic heterocycles. The zero-order valence-electron chi connectivity index (χ0n) is 8.38. The highest BCUT2D eigenvalue weighted by Gasteiger charge is 1.98. The maximum Gasteiger partial charge on any atom is 0.0992 e. The number of aryl methyl sites for hydroxylation is 1. The number of anilines is 1. The highest BCUT2D eigenvalue weighted by molar-refractivity contribution is 5.55. The molecule has 0 bridgehead atoms. The molecular weight excluding hydrogens is 174 g/mol. The van der Waals surface area contributed by atoms with Crippen LogP contribution >= 0.6 is 0 Å². The van der Waals surface area contributed by atoms with Gasteiger partial charge in [-0.3, -0.25) is 0 Å². The van der Waals surface area contributed by atoms with Gasteiger partial charge in [-0.05, 0) is 37.6 Å². The number of rotatable bonds is 4. The highest BCUT2D eigenvalue weighted by atomic mass is 14.9. The van der Waals surface area contributed by atoms with Crippen LogP contribution in [0.5, 0.6) is 0 Å². The summed E-state index contributed by atoms with van der Waals surface area (Å²) in [6, 6.07) is 7.76. The predicted octanol–water partition coefficient (Wildman–Crippen LogP) is 1.63. The van der Waals surface area contributed by atoms with Gasteiger partial charge in [0, 0.05) is 12.2 Å². The fourth-order valence-electron chi connectivity index (χ4n) is 1.21. The summed E-state index contributed by atoms with van der Waals surface area (Å²) in [6.07, 6.45) is 0.941. The summed E-state index contributed by atoms with van der Waals surface area (Å²) in [5.41, 5.74) is 8.26. The minimum Gasteiger partial charge on any atom is -0.385 e. The van der Waals surface area contributed by atoms with Crippen molar-refractivity contribution in [3.63, 3.8) is 0 Å². The molecule has 1 rings (SSSR count). The van der Waals surface area contributed by atoms with E-state index in [1.807, 2.05) is 25.1 Å². The normalized spacial score (nSPS) is 9.50. The minimum atomic E-state index is 0.685. The molecule has 74 valence electrons.